The van der Waals surface area contributed by atoms with Crippen molar-refractivity contribution in [3.8, 4) is 18.1 Å². The number of hydrogen-bond acceptors (Lipinski definition) is 11. The van der Waals surface area contributed by atoms with Crippen molar-refractivity contribution in [3.63, 3.8) is 0 Å². The molecular formula is C37H44ClN5O7. The molecule has 1 saturated heterocycles. The Balaban J connectivity index is 1.23. The molecule has 3 atom stereocenters. The number of hydrogen-bond donors (Lipinski definition) is 1. The maximum atomic E-state index is 13.6. The second kappa shape index (κ2) is 13.5. The predicted octanol–water partition coefficient (Wildman–Crippen LogP) is 6.08. The van der Waals surface area contributed by atoms with Crippen LogP contribution >= 0.6 is 11.6 Å². The van der Waals surface area contributed by atoms with Gasteiger partial charge in [0.2, 0.25) is 10.9 Å². The van der Waals surface area contributed by atoms with E-state index in [1.165, 1.54) is 32.5 Å². The van der Waals surface area contributed by atoms with E-state index < -0.39 is 35.3 Å². The van der Waals surface area contributed by atoms with E-state index in [0.29, 0.717) is 22.5 Å². The lowest BCUT2D eigenvalue weighted by Crippen LogP contribution is -2.49. The molecule has 2 aliphatic carbocycles. The number of terminal acetylenes is 1. The van der Waals surface area contributed by atoms with Gasteiger partial charge in [-0.3, -0.25) is 19.0 Å². The number of carbonyl (C=O) groups is 3. The highest BCUT2D eigenvalue weighted by Gasteiger charge is 2.55. The van der Waals surface area contributed by atoms with Gasteiger partial charge in [0.15, 0.2) is 11.5 Å². The molecule has 266 valence electrons. The average molecular weight is 706 g/mol. The molecule has 3 heterocycles. The smallest absolute Gasteiger partial charge is 0.309 e. The van der Waals surface area contributed by atoms with E-state index in [-0.39, 0.29) is 47.9 Å². The third kappa shape index (κ3) is 6.90. The summed E-state index contributed by atoms with van der Waals surface area (Å²) in [5.41, 5.74) is 7.01. The number of halogens is 1. The molecule has 12 nitrogen and oxygen atoms in total. The number of ether oxygens (including phenoxy) is 4. The summed E-state index contributed by atoms with van der Waals surface area (Å²) in [4.78, 5) is 51.7. The van der Waals surface area contributed by atoms with E-state index in [0.717, 1.165) is 36.8 Å². The quantitative estimate of drug-likeness (QED) is 0.119. The van der Waals surface area contributed by atoms with E-state index >= 15 is 0 Å². The van der Waals surface area contributed by atoms with Crippen molar-refractivity contribution in [2.45, 2.75) is 116 Å². The van der Waals surface area contributed by atoms with Gasteiger partial charge in [-0.1, -0.05) is 45.1 Å². The highest BCUT2D eigenvalue weighted by Crippen LogP contribution is 2.55. The number of nitrogens with zero attached hydrogens (tertiary/aromatic N) is 4. The molecule has 50 heavy (non-hydrogen) atoms. The molecule has 0 radical (unpaired) electrons. The normalized spacial score (nSPS) is 23.3. The van der Waals surface area contributed by atoms with Gasteiger partial charge in [0.1, 0.15) is 30.2 Å². The second-order valence-electron chi connectivity index (χ2n) is 14.9. The van der Waals surface area contributed by atoms with Crippen LogP contribution in [0.25, 0.3) is 11.2 Å². The Bertz CT molecular complexity index is 1870. The molecule has 1 aliphatic heterocycles. The highest BCUT2D eigenvalue weighted by molar-refractivity contribution is 6.28. The van der Waals surface area contributed by atoms with Crippen LogP contribution in [0.15, 0.2) is 18.5 Å². The van der Waals surface area contributed by atoms with Crippen molar-refractivity contribution in [2.75, 3.05) is 12.3 Å². The van der Waals surface area contributed by atoms with Gasteiger partial charge in [0, 0.05) is 24.3 Å². The molecule has 2 saturated carbocycles. The molecule has 0 unspecified atom stereocenters. The summed E-state index contributed by atoms with van der Waals surface area (Å²) >= 11 is 6.12. The minimum atomic E-state index is -1.62. The first-order valence-electron chi connectivity index (χ1n) is 17.1. The van der Waals surface area contributed by atoms with Crippen LogP contribution in [0, 0.1) is 37.5 Å². The Morgan fingerprint density at radius 2 is 1.88 bits per heavy atom. The van der Waals surface area contributed by atoms with Crippen molar-refractivity contribution >= 4 is 46.5 Å². The topological polar surface area (TPSA) is 158 Å². The molecule has 3 aromatic rings. The monoisotopic (exact) mass is 705 g/mol. The number of aromatic nitrogens is 4. The molecule has 1 spiro atoms. The Labute approximate surface area is 296 Å². The van der Waals surface area contributed by atoms with Crippen LogP contribution < -0.4 is 10.5 Å². The average Bonchev–Trinajstić information content (AvgIpc) is 3.60. The van der Waals surface area contributed by atoms with Gasteiger partial charge >= 0.3 is 17.9 Å². The molecule has 0 bridgehead atoms. The van der Waals surface area contributed by atoms with E-state index in [2.05, 4.69) is 20.9 Å². The molecule has 3 fully saturated rings. The lowest BCUT2D eigenvalue weighted by atomic mass is 9.56. The number of nitrogens with two attached hydrogens (primary N) is 1. The summed E-state index contributed by atoms with van der Waals surface area (Å²) in [6, 6.07) is 3.75. The van der Waals surface area contributed by atoms with Gasteiger partial charge in [0.05, 0.1) is 18.7 Å². The van der Waals surface area contributed by atoms with Crippen molar-refractivity contribution in [1.29, 1.82) is 0 Å². The molecule has 13 heteroatoms. The van der Waals surface area contributed by atoms with Gasteiger partial charge in [0.25, 0.3) is 0 Å². The Hall–Kier alpha value is -4.21. The second-order valence-corrected chi connectivity index (χ2v) is 15.2. The van der Waals surface area contributed by atoms with Gasteiger partial charge in [-0.15, -0.1) is 6.42 Å². The summed E-state index contributed by atoms with van der Waals surface area (Å²) < 4.78 is 25.7. The fourth-order valence-electron chi connectivity index (χ4n) is 8.29. The number of nitrogen functional groups attached to an aromatic ring is 1. The van der Waals surface area contributed by atoms with Crippen LogP contribution in [-0.4, -0.2) is 55.7 Å². The highest BCUT2D eigenvalue weighted by atomic mass is 35.5. The number of anilines is 1. The van der Waals surface area contributed by atoms with E-state index in [1.54, 1.807) is 10.6 Å². The minimum Gasteiger partial charge on any atom is -0.461 e. The van der Waals surface area contributed by atoms with Crippen molar-refractivity contribution in [1.82, 2.24) is 19.5 Å². The Morgan fingerprint density at radius 3 is 2.56 bits per heavy atom. The fourth-order valence-corrected chi connectivity index (χ4v) is 8.46. The van der Waals surface area contributed by atoms with Crippen LogP contribution in [0.2, 0.25) is 5.28 Å². The number of fused-ring (bicyclic) bond motifs is 1. The molecule has 3 aliphatic rings. The molecular weight excluding hydrogens is 662 g/mol. The van der Waals surface area contributed by atoms with Crippen LogP contribution in [0.1, 0.15) is 101 Å². The van der Waals surface area contributed by atoms with E-state index in [1.807, 2.05) is 33.8 Å². The minimum absolute atomic E-state index is 0.0648. The first-order chi connectivity index (χ1) is 23.6. The number of benzene rings is 1. The molecule has 2 N–H and O–H groups in total. The predicted molar refractivity (Wildman–Crippen MR) is 185 cm³/mol. The summed E-state index contributed by atoms with van der Waals surface area (Å²) in [5, 5.41) is -0.0696. The first kappa shape index (κ1) is 35.6. The molecule has 1 aromatic carbocycles. The van der Waals surface area contributed by atoms with Crippen molar-refractivity contribution in [2.24, 2.45) is 11.3 Å². The summed E-state index contributed by atoms with van der Waals surface area (Å²) in [6.07, 6.45) is 13.4. The zero-order valence-corrected chi connectivity index (χ0v) is 30.0. The van der Waals surface area contributed by atoms with Crippen LogP contribution in [0.5, 0.6) is 5.75 Å². The zero-order chi connectivity index (χ0) is 36.0. The lowest BCUT2D eigenvalue weighted by Gasteiger charge is -2.49. The maximum Gasteiger partial charge on any atom is 0.309 e. The largest absolute Gasteiger partial charge is 0.461 e. The molecule has 2 aromatic heterocycles. The van der Waals surface area contributed by atoms with E-state index in [4.69, 9.17) is 42.7 Å². The number of aryl methyl sites for hydroxylation is 2. The SMILES string of the molecule is C#C[C@]1(COC(=O)CC(C)(C)c2c(C)cc(C)cc2OC(C)=O)O[C@@H](n2cnc3c(N)nc(Cl)nc32)C[C@@H]1OC(=O)C1CC2(CCCCC2)C1. The van der Waals surface area contributed by atoms with Gasteiger partial charge < -0.3 is 24.7 Å². The summed E-state index contributed by atoms with van der Waals surface area (Å²) in [6.45, 7) is 8.53. The van der Waals surface area contributed by atoms with Gasteiger partial charge in [-0.05, 0) is 73.7 Å². The van der Waals surface area contributed by atoms with Crippen molar-refractivity contribution in [3.05, 3.63) is 40.4 Å². The Morgan fingerprint density at radius 1 is 1.16 bits per heavy atom. The summed E-state index contributed by atoms with van der Waals surface area (Å²) in [7, 11) is 0. The standard InChI is InChI=1S/C37H44ClN5O7/c1-7-37(19-47-28(45)18-35(5,6)29-22(3)13-21(2)14-25(29)48-23(4)44)26(49-33(46)24-16-36(17-24)11-9-8-10-12-36)15-27(50-37)43-20-40-30-31(39)41-34(38)42-32(30)43/h1,13-14,20,24,26-27H,8-12,15-19H2,2-6H3,(H2,39,41,42)/t26-,27+,37+/m0/s1. The molecule has 0 amide bonds. The molecule has 6 rings (SSSR count). The van der Waals surface area contributed by atoms with Crippen LogP contribution in [0.3, 0.4) is 0 Å². The third-order valence-electron chi connectivity index (χ3n) is 10.5. The summed E-state index contributed by atoms with van der Waals surface area (Å²) in [5.74, 6) is 1.58. The lowest BCUT2D eigenvalue weighted by molar-refractivity contribution is -0.176. The number of esters is 3. The zero-order valence-electron chi connectivity index (χ0n) is 29.2. The van der Waals surface area contributed by atoms with Crippen LogP contribution in [0.4, 0.5) is 5.82 Å². The third-order valence-corrected chi connectivity index (χ3v) is 10.7. The van der Waals surface area contributed by atoms with Crippen molar-refractivity contribution < 1.29 is 33.3 Å². The fraction of sp³-hybridized carbons (Fsp3) is 0.568. The maximum absolute atomic E-state index is 13.6. The number of rotatable bonds is 9. The number of carbonyl (C=O) groups excluding carboxylic acids is 3. The van der Waals surface area contributed by atoms with Gasteiger partial charge in [-0.25, -0.2) is 4.98 Å². The van der Waals surface area contributed by atoms with Crippen LogP contribution in [-0.2, 0) is 34.0 Å². The Kier molecular flexibility index (Phi) is 9.61. The van der Waals surface area contributed by atoms with E-state index in [9.17, 15) is 14.4 Å². The first-order valence-corrected chi connectivity index (χ1v) is 17.5. The van der Waals surface area contributed by atoms with Gasteiger partial charge in [-0.2, -0.15) is 9.97 Å². The number of imidazole rings is 1.